The minimum atomic E-state index is -1.61. The largest absolute Gasteiger partial charge is 0.445 e. The van der Waals surface area contributed by atoms with Crippen molar-refractivity contribution >= 4 is 109 Å². The predicted octanol–water partition coefficient (Wildman–Crippen LogP) is 7.71. The van der Waals surface area contributed by atoms with Crippen LogP contribution in [0.4, 0.5) is 15.3 Å². The van der Waals surface area contributed by atoms with Crippen molar-refractivity contribution in [3.05, 3.63) is 118 Å². The lowest BCUT2D eigenvalue weighted by Crippen LogP contribution is -2.62. The van der Waals surface area contributed by atoms with Crippen molar-refractivity contribution in [3.8, 4) is 0 Å². The fraction of sp³-hybridized carbons (Fsp3) is 0.577. The van der Waals surface area contributed by atoms with E-state index < -0.39 is 119 Å². The van der Waals surface area contributed by atoms with Gasteiger partial charge in [-0.05, 0) is 141 Å². The number of urea groups is 1. The van der Waals surface area contributed by atoms with Crippen molar-refractivity contribution in [2.75, 3.05) is 46.2 Å². The Labute approximate surface area is 653 Å². The average molecular weight is 1630 g/mol. The molecule has 108 heavy (non-hydrogen) atoms. The van der Waals surface area contributed by atoms with Gasteiger partial charge in [0.1, 0.15) is 41.3 Å². The third kappa shape index (κ3) is 29.1. The highest BCUT2D eigenvalue weighted by Gasteiger charge is 2.44. The van der Waals surface area contributed by atoms with E-state index in [1.165, 1.54) is 37.2 Å². The second-order valence-corrected chi connectivity index (χ2v) is 31.0. The quantitative estimate of drug-likeness (QED) is 0.0115. The number of methoxy groups -OCH3 is 2. The summed E-state index contributed by atoms with van der Waals surface area (Å²) in [7, 11) is 4.68. The van der Waals surface area contributed by atoms with Gasteiger partial charge in [-0.25, -0.2) is 14.6 Å². The third-order valence-electron chi connectivity index (χ3n) is 19.5. The molecular formula is C78H114IN13O15S. The maximum atomic E-state index is 14.8. The molecule has 3 aromatic carbocycles. The maximum absolute atomic E-state index is 14.8. The predicted molar refractivity (Wildman–Crippen MR) is 420 cm³/mol. The summed E-state index contributed by atoms with van der Waals surface area (Å²) in [5.74, 6) is -6.24. The van der Waals surface area contributed by atoms with E-state index in [4.69, 9.17) is 19.9 Å². The molecule has 12 atom stereocenters. The van der Waals surface area contributed by atoms with Crippen molar-refractivity contribution < 1.29 is 71.7 Å². The van der Waals surface area contributed by atoms with Crippen molar-refractivity contribution in [1.82, 2.24) is 57.3 Å². The summed E-state index contributed by atoms with van der Waals surface area (Å²) in [5.41, 5.74) is 6.23. The first-order valence-electron chi connectivity index (χ1n) is 37.2. The van der Waals surface area contributed by atoms with Crippen LogP contribution < -0.4 is 53.6 Å². The molecule has 28 nitrogen and oxygen atoms in total. The Kier molecular flexibility index (Phi) is 37.8. The molecule has 0 saturated carbocycles. The van der Waals surface area contributed by atoms with Crippen LogP contribution in [0.3, 0.4) is 0 Å². The zero-order chi connectivity index (χ0) is 79.8. The zero-order valence-corrected chi connectivity index (χ0v) is 67.6. The average Bonchev–Trinajstić information content (AvgIpc) is 1.35. The van der Waals surface area contributed by atoms with Gasteiger partial charge in [-0.1, -0.05) is 135 Å². The van der Waals surface area contributed by atoms with Gasteiger partial charge in [0.15, 0.2) is 3.79 Å². The van der Waals surface area contributed by atoms with E-state index in [0.717, 1.165) is 16.1 Å². The van der Waals surface area contributed by atoms with Gasteiger partial charge in [0.2, 0.25) is 53.2 Å². The van der Waals surface area contributed by atoms with Gasteiger partial charge in [-0.2, -0.15) is 0 Å². The first kappa shape index (κ1) is 90.0. The molecule has 4 aromatic rings. The van der Waals surface area contributed by atoms with E-state index in [0.29, 0.717) is 69.3 Å². The Morgan fingerprint density at radius 1 is 0.694 bits per heavy atom. The van der Waals surface area contributed by atoms with Crippen LogP contribution in [0.15, 0.2) is 96.5 Å². The van der Waals surface area contributed by atoms with E-state index in [2.05, 4.69) is 52.8 Å². The van der Waals surface area contributed by atoms with Crippen LogP contribution in [0.1, 0.15) is 168 Å². The second-order valence-electron chi connectivity index (χ2n) is 29.0. The number of unbranched alkanes of at least 4 members (excludes halogenated alkanes) is 1. The molecule has 1 aliphatic heterocycles. The van der Waals surface area contributed by atoms with E-state index in [-0.39, 0.29) is 91.1 Å². The Balaban J connectivity index is 1.18. The molecule has 0 radical (unpaired) electrons. The van der Waals surface area contributed by atoms with E-state index >= 15 is 0 Å². The number of rotatable bonds is 45. The smallest absolute Gasteiger partial charge is 0.408 e. The molecule has 0 spiro atoms. The summed E-state index contributed by atoms with van der Waals surface area (Å²) < 4.78 is 17.7. The van der Waals surface area contributed by atoms with Gasteiger partial charge in [-0.3, -0.25) is 47.9 Å². The monoisotopic (exact) mass is 1630 g/mol. The molecule has 5 rings (SSSR count). The van der Waals surface area contributed by atoms with Crippen LogP contribution in [0.25, 0.3) is 0 Å². The Morgan fingerprint density at radius 3 is 1.92 bits per heavy atom. The van der Waals surface area contributed by atoms with Gasteiger partial charge in [-0.15, -0.1) is 11.3 Å². The lowest BCUT2D eigenvalue weighted by atomic mass is 9.89. The molecule has 1 fully saturated rings. The third-order valence-corrected chi connectivity index (χ3v) is 21.5. The lowest BCUT2D eigenvalue weighted by Gasteiger charge is -2.41. The maximum Gasteiger partial charge on any atom is 0.408 e. The van der Waals surface area contributed by atoms with E-state index in [1.54, 1.807) is 131 Å². The van der Waals surface area contributed by atoms with Crippen LogP contribution in [-0.4, -0.2) is 179 Å². The van der Waals surface area contributed by atoms with Gasteiger partial charge in [0, 0.05) is 70.5 Å². The number of ether oxygens (including phenoxy) is 3. The van der Waals surface area contributed by atoms with Crippen LogP contribution >= 0.6 is 33.9 Å². The molecule has 2 heterocycles. The highest BCUT2D eigenvalue weighted by molar-refractivity contribution is 14.1. The number of nitrogens with zero attached hydrogens (tertiary/aromatic N) is 3. The minimum absolute atomic E-state index is 0.0157. The highest BCUT2D eigenvalue weighted by Crippen LogP contribution is 2.31. The summed E-state index contributed by atoms with van der Waals surface area (Å²) in [4.78, 5) is 171. The number of likely N-dealkylation sites (N-methyl/N-ethyl adjacent to an activating group) is 1. The fourth-order valence-electron chi connectivity index (χ4n) is 12.9. The van der Waals surface area contributed by atoms with Gasteiger partial charge >= 0.3 is 12.1 Å². The number of aromatic nitrogens is 1. The number of hydrogen-bond donors (Lipinski definition) is 10. The zero-order valence-electron chi connectivity index (χ0n) is 64.7. The highest BCUT2D eigenvalue weighted by atomic mass is 127. The summed E-state index contributed by atoms with van der Waals surface area (Å²) in [6.45, 7) is 18.0. The molecule has 594 valence electrons. The molecule has 1 saturated heterocycles. The first-order valence-corrected chi connectivity index (χ1v) is 39.2. The number of amides is 12. The number of nitrogens with two attached hydrogens (primary N) is 1. The van der Waals surface area contributed by atoms with Gasteiger partial charge < -0.3 is 77.6 Å². The van der Waals surface area contributed by atoms with Crippen molar-refractivity contribution in [2.24, 2.45) is 35.3 Å². The summed E-state index contributed by atoms with van der Waals surface area (Å²) in [6.07, 6.45) is 3.53. The Hall–Kier alpha value is -8.62. The number of carbonyl (C=O) groups excluding carboxylic acids is 12. The number of carbonyl (C=O) groups is 12. The number of halogens is 1. The number of likely N-dealkylation sites (tertiary alicyclic amines) is 1. The van der Waals surface area contributed by atoms with E-state index in [9.17, 15) is 57.5 Å². The van der Waals surface area contributed by atoms with Crippen molar-refractivity contribution in [2.45, 2.75) is 219 Å². The number of alkyl carbamates (subject to hydrolysis) is 1. The number of hydrogen-bond acceptors (Lipinski definition) is 17. The summed E-state index contributed by atoms with van der Waals surface area (Å²) in [5, 5.41) is 27.8. The van der Waals surface area contributed by atoms with Crippen LogP contribution in [0.2, 0.25) is 0 Å². The van der Waals surface area contributed by atoms with Crippen molar-refractivity contribution in [3.63, 3.8) is 0 Å². The molecule has 11 N–H and O–H groups in total. The van der Waals surface area contributed by atoms with Crippen molar-refractivity contribution in [1.29, 1.82) is 0 Å². The normalized spacial score (nSPS) is 15.9. The van der Waals surface area contributed by atoms with Crippen LogP contribution in [0, 0.1) is 29.6 Å². The SMILES string of the molecule is CC[C@H](C)[C@@H]([C@@H](CC(=O)N1CCC[C@H]1[C@H](OC)[C@@H](C)C(=O)N[C@@H](Cc1ccccc1)c1nccs1)OC)N(C)C(=O)[C@@H](NC(=O)C(C)(C)NC(=O)OCc1ccc(NC(=O)[C@H](CCCNC(N)=O)NC(=O)[C@@H](NC(=O)[C@H](CCCCNC(=O)CC[C@@H](C)C(=O)I)NC(=O)Cc2ccccc2)C(C)C)cc1)C(C)C. The summed E-state index contributed by atoms with van der Waals surface area (Å²) in [6, 6.07) is 18.3. The van der Waals surface area contributed by atoms with Gasteiger partial charge in [0.05, 0.1) is 49.1 Å². The number of benzene rings is 3. The molecule has 1 aliphatic rings. The molecule has 12 amide bonds. The molecule has 30 heteroatoms. The number of thiazole rings is 1. The van der Waals surface area contributed by atoms with Crippen LogP contribution in [0.5, 0.6) is 0 Å². The number of anilines is 1. The standard InChI is InChI=1S/C78H114IN13O15S/c1-14-49(6)66(60(105-12)45-63(95)92-41-24-31-59(92)67(106-13)51(8)69(97)87-58(73-82-40-42-108-73)43-52-25-17-15-18-26-52)91(11)74(101)65(48(4)5)89-75(102)78(9,10)90-77(104)107-46-54-33-35-55(36-34-54)84-70(98)57(30-23-39-83-76(80)103)86-72(100)64(47(2)3)88-71(99)56(85-62(94)44-53-27-19-16-20-28-53)29-21-22-38-81-61(93)37-32-50(7)68(79)96/h15-20,25-28,33-36,40,42,47-51,56-60,64-67H,14,21-24,29-32,37-39,41,43-46H2,1-13H3,(H,81,93)(H,84,98)(H,85,94)(H,86,100)(H,87,97)(H,88,99)(H,89,102)(H,90,104)(H3,80,83,103)/t49-,50+,51+,56-,57-,58-,59-,60+,64-,65-,66-,67+/m0/s1. The van der Waals surface area contributed by atoms with E-state index in [1.807, 2.05) is 62.5 Å². The first-order chi connectivity index (χ1) is 51.3. The number of primary amides is 1. The topological polar surface area (TPSA) is 386 Å². The molecule has 0 aliphatic carbocycles. The minimum Gasteiger partial charge on any atom is -0.445 e. The van der Waals surface area contributed by atoms with Crippen LogP contribution in [-0.2, 0) is 81.6 Å². The molecule has 1 aromatic heterocycles. The second kappa shape index (κ2) is 45.4. The summed E-state index contributed by atoms with van der Waals surface area (Å²) >= 11 is 3.18. The molecular weight excluding hydrogens is 1520 g/mol. The number of nitrogens with one attached hydrogen (secondary N) is 9. The molecule has 0 bridgehead atoms. The Bertz CT molecular complexity index is 3580. The molecule has 0 unspecified atom stereocenters. The fourth-order valence-corrected chi connectivity index (χ4v) is 13.9. The lowest BCUT2D eigenvalue weighted by molar-refractivity contribution is -0.148. The van der Waals surface area contributed by atoms with Gasteiger partial charge in [0.25, 0.3) is 0 Å². The Morgan fingerprint density at radius 2 is 1.32 bits per heavy atom.